The average molecular weight is 605 g/mol. The van der Waals surface area contributed by atoms with Gasteiger partial charge in [0.2, 0.25) is 5.88 Å². The van der Waals surface area contributed by atoms with E-state index < -0.39 is 29.2 Å². The van der Waals surface area contributed by atoms with Crippen LogP contribution in [0.2, 0.25) is 0 Å². The predicted octanol–water partition coefficient (Wildman–Crippen LogP) is 6.43. The third-order valence-corrected chi connectivity index (χ3v) is 7.02. The molecule has 0 aliphatic heterocycles. The Morgan fingerprint density at radius 1 is 0.977 bits per heavy atom. The number of pyridine rings is 1. The Morgan fingerprint density at radius 2 is 1.75 bits per heavy atom. The van der Waals surface area contributed by atoms with Gasteiger partial charge in [0.05, 0.1) is 41.1 Å². The van der Waals surface area contributed by atoms with Gasteiger partial charge in [-0.25, -0.2) is 32.3 Å². The van der Waals surface area contributed by atoms with E-state index in [0.717, 1.165) is 24.3 Å². The first-order valence-electron chi connectivity index (χ1n) is 13.3. The highest BCUT2D eigenvalue weighted by Crippen LogP contribution is 2.29. The van der Waals surface area contributed by atoms with Crippen molar-refractivity contribution in [1.82, 2.24) is 14.5 Å². The number of hydrogen-bond donors (Lipinski definition) is 1. The van der Waals surface area contributed by atoms with Crippen LogP contribution in [0.15, 0.2) is 60.7 Å². The van der Waals surface area contributed by atoms with Gasteiger partial charge in [0.15, 0.2) is 5.82 Å². The molecule has 2 aromatic heterocycles. The molecule has 0 fully saturated rings. The van der Waals surface area contributed by atoms with Crippen LogP contribution in [0.25, 0.3) is 22.3 Å². The summed E-state index contributed by atoms with van der Waals surface area (Å²) < 4.78 is 72.3. The number of carbonyl (C=O) groups is 1. The maximum Gasteiger partial charge on any atom is 0.335 e. The van der Waals surface area contributed by atoms with E-state index in [1.165, 1.54) is 48.1 Å². The molecule has 0 amide bonds. The largest absolute Gasteiger partial charge is 0.478 e. The van der Waals surface area contributed by atoms with Crippen molar-refractivity contribution in [3.05, 3.63) is 112 Å². The lowest BCUT2D eigenvalue weighted by Crippen LogP contribution is -2.17. The molecule has 44 heavy (non-hydrogen) atoms. The molecule has 3 aromatic carbocycles. The Kier molecular flexibility index (Phi) is 8.59. The second kappa shape index (κ2) is 12.5. The molecule has 224 valence electrons. The first kappa shape index (κ1) is 30.2. The molecule has 8 nitrogen and oxygen atoms in total. The monoisotopic (exact) mass is 604 g/mol. The second-order valence-corrected chi connectivity index (χ2v) is 9.98. The van der Waals surface area contributed by atoms with Crippen molar-refractivity contribution < 1.29 is 36.9 Å². The Labute approximate surface area is 248 Å². The molecule has 1 atom stereocenters. The number of rotatable bonds is 10. The van der Waals surface area contributed by atoms with E-state index in [2.05, 4.69) is 9.97 Å². The fourth-order valence-electron chi connectivity index (χ4n) is 4.64. The third-order valence-electron chi connectivity index (χ3n) is 7.02. The van der Waals surface area contributed by atoms with E-state index in [4.69, 9.17) is 14.7 Å². The quantitative estimate of drug-likeness (QED) is 0.183. The van der Waals surface area contributed by atoms with Crippen LogP contribution in [-0.4, -0.2) is 38.8 Å². The molecule has 0 aliphatic carbocycles. The number of methoxy groups -OCH3 is 1. The number of hydrogen-bond acceptors (Lipinski definition) is 6. The van der Waals surface area contributed by atoms with Crippen molar-refractivity contribution in [3.63, 3.8) is 0 Å². The van der Waals surface area contributed by atoms with Crippen molar-refractivity contribution in [2.45, 2.75) is 32.6 Å². The number of aromatic carboxylic acids is 1. The van der Waals surface area contributed by atoms with E-state index in [1.54, 1.807) is 6.92 Å². The number of carboxylic acids is 1. The molecular weight excluding hydrogens is 580 g/mol. The SMILES string of the molecule is CO[C@@H](C)Cn1c(Cc2cc(F)c(-c3cccc(OCc4ccc(C#N)cc4F)n3)cc2F)nc2c(F)cc(C(=O)O)cc21. The molecule has 0 aliphatic rings. The van der Waals surface area contributed by atoms with E-state index in [-0.39, 0.29) is 81.9 Å². The van der Waals surface area contributed by atoms with Crippen LogP contribution >= 0.6 is 0 Å². The highest BCUT2D eigenvalue weighted by molar-refractivity contribution is 5.92. The van der Waals surface area contributed by atoms with Gasteiger partial charge in [-0.1, -0.05) is 12.1 Å². The summed E-state index contributed by atoms with van der Waals surface area (Å²) in [5, 5.41) is 18.3. The predicted molar refractivity (Wildman–Crippen MR) is 151 cm³/mol. The molecule has 0 radical (unpaired) electrons. The lowest BCUT2D eigenvalue weighted by molar-refractivity contribution is 0.0696. The Morgan fingerprint density at radius 3 is 2.45 bits per heavy atom. The van der Waals surface area contributed by atoms with Gasteiger partial charge in [0.25, 0.3) is 0 Å². The van der Waals surface area contributed by atoms with Crippen LogP contribution in [0.3, 0.4) is 0 Å². The maximum atomic E-state index is 15.4. The van der Waals surface area contributed by atoms with Crippen LogP contribution in [0.5, 0.6) is 5.88 Å². The minimum atomic E-state index is -1.33. The summed E-state index contributed by atoms with van der Waals surface area (Å²) in [4.78, 5) is 20.1. The van der Waals surface area contributed by atoms with Crippen LogP contribution in [0, 0.1) is 34.6 Å². The number of aromatic nitrogens is 3. The summed E-state index contributed by atoms with van der Waals surface area (Å²) in [6.07, 6.45) is -0.622. The summed E-state index contributed by atoms with van der Waals surface area (Å²) in [5.74, 6) is -4.16. The number of carboxylic acid groups (broad SMARTS) is 1. The lowest BCUT2D eigenvalue weighted by atomic mass is 10.0. The zero-order valence-corrected chi connectivity index (χ0v) is 23.4. The minimum Gasteiger partial charge on any atom is -0.478 e. The van der Waals surface area contributed by atoms with E-state index in [1.807, 2.05) is 6.07 Å². The Bertz CT molecular complexity index is 1940. The number of ether oxygens (including phenoxy) is 2. The molecule has 0 spiro atoms. The number of imidazole rings is 1. The van der Waals surface area contributed by atoms with Crippen molar-refractivity contribution in [3.8, 4) is 23.2 Å². The second-order valence-electron chi connectivity index (χ2n) is 9.98. The summed E-state index contributed by atoms with van der Waals surface area (Å²) in [7, 11) is 1.47. The smallest absolute Gasteiger partial charge is 0.335 e. The normalized spacial score (nSPS) is 11.8. The van der Waals surface area contributed by atoms with Gasteiger partial charge in [0.1, 0.15) is 35.4 Å². The van der Waals surface area contributed by atoms with Crippen LogP contribution in [0.4, 0.5) is 17.6 Å². The average Bonchev–Trinajstić information content (AvgIpc) is 3.35. The molecule has 5 rings (SSSR count). The van der Waals surface area contributed by atoms with Gasteiger partial charge < -0.3 is 19.1 Å². The van der Waals surface area contributed by atoms with Crippen LogP contribution < -0.4 is 4.74 Å². The van der Waals surface area contributed by atoms with Gasteiger partial charge in [-0.05, 0) is 55.0 Å². The van der Waals surface area contributed by atoms with Crippen molar-refractivity contribution in [1.29, 1.82) is 5.26 Å². The third kappa shape index (κ3) is 6.23. The number of benzene rings is 3. The maximum absolute atomic E-state index is 15.4. The highest BCUT2D eigenvalue weighted by atomic mass is 19.1. The molecule has 1 N–H and O–H groups in total. The van der Waals surface area contributed by atoms with Gasteiger partial charge >= 0.3 is 5.97 Å². The zero-order valence-electron chi connectivity index (χ0n) is 23.4. The first-order chi connectivity index (χ1) is 21.1. The van der Waals surface area contributed by atoms with E-state index in [9.17, 15) is 18.7 Å². The topological polar surface area (TPSA) is 110 Å². The molecule has 0 unspecified atom stereocenters. The molecule has 0 saturated carbocycles. The van der Waals surface area contributed by atoms with Gasteiger partial charge in [-0.2, -0.15) is 5.26 Å². The van der Waals surface area contributed by atoms with E-state index >= 15 is 8.78 Å². The molecule has 2 heterocycles. The zero-order chi connectivity index (χ0) is 31.5. The summed E-state index contributed by atoms with van der Waals surface area (Å²) >= 11 is 0. The summed E-state index contributed by atoms with van der Waals surface area (Å²) in [5.41, 5.74) is -0.0228. The Hall–Kier alpha value is -5.28. The standard InChI is InChI=1S/C32H24F4N4O4/c1-17(43-2)15-40-28-11-21(32(41)42)10-26(36)31(28)39-29(40)12-20-9-25(35)22(13-24(20)34)27-4-3-5-30(38-27)44-16-19-7-6-18(14-37)8-23(19)33/h3-11,13,17H,12,15-16H2,1-2H3,(H,41,42)/t17-/m0/s1. The highest BCUT2D eigenvalue weighted by Gasteiger charge is 2.21. The van der Waals surface area contributed by atoms with Gasteiger partial charge in [-0.15, -0.1) is 0 Å². The molecule has 12 heteroatoms. The van der Waals surface area contributed by atoms with Crippen molar-refractivity contribution in [2.24, 2.45) is 0 Å². The lowest BCUT2D eigenvalue weighted by Gasteiger charge is -2.15. The molecular formula is C32H24F4N4O4. The number of nitrogens with zero attached hydrogens (tertiary/aromatic N) is 4. The molecule has 5 aromatic rings. The van der Waals surface area contributed by atoms with Crippen LogP contribution in [-0.2, 0) is 24.3 Å². The fraction of sp³-hybridized carbons (Fsp3) is 0.188. The number of nitriles is 1. The van der Waals surface area contributed by atoms with E-state index in [0.29, 0.717) is 0 Å². The van der Waals surface area contributed by atoms with Crippen LogP contribution in [0.1, 0.15) is 39.8 Å². The van der Waals surface area contributed by atoms with Crippen molar-refractivity contribution >= 4 is 17.0 Å². The van der Waals surface area contributed by atoms with Gasteiger partial charge in [-0.3, -0.25) is 0 Å². The summed E-state index contributed by atoms with van der Waals surface area (Å²) in [6, 6.07) is 14.3. The number of halogens is 4. The molecule has 0 saturated heterocycles. The Balaban J connectivity index is 1.44. The van der Waals surface area contributed by atoms with Crippen molar-refractivity contribution in [2.75, 3.05) is 7.11 Å². The first-order valence-corrected chi connectivity index (χ1v) is 13.3. The van der Waals surface area contributed by atoms with Gasteiger partial charge in [0, 0.05) is 30.7 Å². The molecule has 0 bridgehead atoms. The minimum absolute atomic E-state index is 0.0406. The summed E-state index contributed by atoms with van der Waals surface area (Å²) in [6.45, 7) is 1.69. The fourth-order valence-corrected chi connectivity index (χ4v) is 4.64. The number of fused-ring (bicyclic) bond motifs is 1.